The van der Waals surface area contributed by atoms with Gasteiger partial charge in [-0.15, -0.1) is 0 Å². The van der Waals surface area contributed by atoms with Crippen molar-refractivity contribution in [3.05, 3.63) is 53.7 Å². The maximum absolute atomic E-state index is 6.01. The largest absolute Gasteiger partial charge is 0.340 e. The summed E-state index contributed by atoms with van der Waals surface area (Å²) in [5, 5.41) is 5.90. The van der Waals surface area contributed by atoms with Crippen LogP contribution in [0.15, 0.2) is 42.7 Å². The maximum Gasteiger partial charge on any atom is 0.135 e. The van der Waals surface area contributed by atoms with Gasteiger partial charge in [-0.3, -0.25) is 4.98 Å². The number of aryl methyl sites for hydroxylation is 1. The van der Waals surface area contributed by atoms with Gasteiger partial charge >= 0.3 is 0 Å². The number of nitrogens with zero attached hydrogens (tertiary/aromatic N) is 3. The monoisotopic (exact) mass is 284 g/mol. The Kier molecular flexibility index (Phi) is 3.48. The van der Waals surface area contributed by atoms with E-state index in [1.165, 1.54) is 0 Å². The first-order valence-corrected chi connectivity index (χ1v) is 6.77. The molecule has 0 fully saturated rings. The van der Waals surface area contributed by atoms with Crippen molar-refractivity contribution in [3.63, 3.8) is 0 Å². The molecule has 20 heavy (non-hydrogen) atoms. The Balaban J connectivity index is 2.03. The first-order valence-electron chi connectivity index (χ1n) is 6.39. The second-order valence-electron chi connectivity index (χ2n) is 4.37. The van der Waals surface area contributed by atoms with Crippen molar-refractivity contribution in [2.24, 2.45) is 0 Å². The Morgan fingerprint density at radius 1 is 1.20 bits per heavy atom. The van der Waals surface area contributed by atoms with Crippen molar-refractivity contribution < 1.29 is 0 Å². The molecule has 4 nitrogen and oxygen atoms in total. The molecule has 0 radical (unpaired) electrons. The molecule has 0 aliphatic carbocycles. The lowest BCUT2D eigenvalue weighted by atomic mass is 10.1. The number of hydrogen-bond donors (Lipinski definition) is 1. The van der Waals surface area contributed by atoms with Crippen LogP contribution in [0.5, 0.6) is 0 Å². The molecule has 0 spiro atoms. The van der Waals surface area contributed by atoms with E-state index in [4.69, 9.17) is 11.6 Å². The summed E-state index contributed by atoms with van der Waals surface area (Å²) in [4.78, 5) is 12.8. The normalized spacial score (nSPS) is 10.7. The predicted octanol–water partition coefficient (Wildman–Crippen LogP) is 3.98. The molecule has 2 aromatic heterocycles. The molecule has 0 atom stereocenters. The Labute approximate surface area is 121 Å². The summed E-state index contributed by atoms with van der Waals surface area (Å²) in [6.07, 6.45) is 4.36. The third kappa shape index (κ3) is 2.56. The van der Waals surface area contributed by atoms with Crippen LogP contribution in [0, 0.1) is 0 Å². The van der Waals surface area contributed by atoms with E-state index in [2.05, 4.69) is 20.3 Å². The van der Waals surface area contributed by atoms with E-state index < -0.39 is 0 Å². The molecule has 100 valence electrons. The number of fused-ring (bicyclic) bond motifs is 1. The summed E-state index contributed by atoms with van der Waals surface area (Å²) >= 11 is 6.01. The van der Waals surface area contributed by atoms with E-state index in [0.717, 1.165) is 28.7 Å². The number of aromatic nitrogens is 3. The van der Waals surface area contributed by atoms with Gasteiger partial charge in [-0.2, -0.15) is 0 Å². The Hall–Kier alpha value is -2.20. The standard InChI is InChI=1S/C15H13ClN4/c1-2-14-19-13(16)8-15(20-14)18-12-5-3-4-10-6-7-17-9-11(10)12/h3-9H,2H2,1H3,(H,18,19,20). The summed E-state index contributed by atoms with van der Waals surface area (Å²) in [6.45, 7) is 2.00. The Morgan fingerprint density at radius 3 is 2.95 bits per heavy atom. The number of pyridine rings is 1. The van der Waals surface area contributed by atoms with Gasteiger partial charge in [-0.05, 0) is 17.5 Å². The second kappa shape index (κ2) is 5.43. The van der Waals surface area contributed by atoms with Crippen molar-refractivity contribution in [2.75, 3.05) is 5.32 Å². The lowest BCUT2D eigenvalue weighted by molar-refractivity contribution is 0.943. The topological polar surface area (TPSA) is 50.7 Å². The minimum Gasteiger partial charge on any atom is -0.340 e. The number of hydrogen-bond acceptors (Lipinski definition) is 4. The van der Waals surface area contributed by atoms with Gasteiger partial charge in [0.05, 0.1) is 0 Å². The van der Waals surface area contributed by atoms with E-state index in [-0.39, 0.29) is 0 Å². The molecule has 0 aliphatic rings. The average Bonchev–Trinajstić information content (AvgIpc) is 2.47. The molecule has 3 aromatic rings. The van der Waals surface area contributed by atoms with Crippen molar-refractivity contribution in [1.29, 1.82) is 0 Å². The molecule has 0 unspecified atom stereocenters. The Morgan fingerprint density at radius 2 is 2.10 bits per heavy atom. The first-order chi connectivity index (χ1) is 9.76. The van der Waals surface area contributed by atoms with Crippen LogP contribution in [-0.4, -0.2) is 15.0 Å². The molecule has 2 heterocycles. The number of nitrogens with one attached hydrogen (secondary N) is 1. The summed E-state index contributed by atoms with van der Waals surface area (Å²) in [7, 11) is 0. The van der Waals surface area contributed by atoms with Gasteiger partial charge in [0.2, 0.25) is 0 Å². The molecule has 0 amide bonds. The minimum absolute atomic E-state index is 0.442. The SMILES string of the molecule is CCc1nc(Cl)cc(Nc2cccc3ccncc23)n1. The fourth-order valence-electron chi connectivity index (χ4n) is 2.05. The van der Waals surface area contributed by atoms with Crippen LogP contribution in [0.25, 0.3) is 10.8 Å². The molecule has 0 bridgehead atoms. The summed E-state index contributed by atoms with van der Waals surface area (Å²) in [5.74, 6) is 1.41. The number of rotatable bonds is 3. The fraction of sp³-hybridized carbons (Fsp3) is 0.133. The Bertz CT molecular complexity index is 752. The van der Waals surface area contributed by atoms with Gasteiger partial charge in [0, 0.05) is 36.0 Å². The summed E-state index contributed by atoms with van der Waals surface area (Å²) in [6, 6.07) is 9.73. The van der Waals surface area contributed by atoms with E-state index in [0.29, 0.717) is 11.0 Å². The van der Waals surface area contributed by atoms with E-state index in [1.54, 1.807) is 12.3 Å². The number of benzene rings is 1. The van der Waals surface area contributed by atoms with Crippen LogP contribution >= 0.6 is 11.6 Å². The molecule has 1 N–H and O–H groups in total. The van der Waals surface area contributed by atoms with Gasteiger partial charge in [0.25, 0.3) is 0 Å². The fourth-order valence-corrected chi connectivity index (χ4v) is 2.25. The van der Waals surface area contributed by atoms with Crippen molar-refractivity contribution in [2.45, 2.75) is 13.3 Å². The van der Waals surface area contributed by atoms with Crippen LogP contribution in [0.1, 0.15) is 12.7 Å². The van der Waals surface area contributed by atoms with Gasteiger partial charge in [0.15, 0.2) is 0 Å². The van der Waals surface area contributed by atoms with E-state index in [1.807, 2.05) is 37.4 Å². The van der Waals surface area contributed by atoms with E-state index >= 15 is 0 Å². The molecule has 0 saturated carbocycles. The van der Waals surface area contributed by atoms with Crippen LogP contribution < -0.4 is 5.32 Å². The zero-order valence-corrected chi connectivity index (χ0v) is 11.7. The van der Waals surface area contributed by atoms with Crippen LogP contribution in [0.2, 0.25) is 5.15 Å². The van der Waals surface area contributed by atoms with Crippen molar-refractivity contribution in [1.82, 2.24) is 15.0 Å². The third-order valence-corrected chi connectivity index (χ3v) is 3.20. The number of anilines is 2. The van der Waals surface area contributed by atoms with Crippen LogP contribution in [-0.2, 0) is 6.42 Å². The first kappa shape index (κ1) is 12.8. The highest BCUT2D eigenvalue weighted by atomic mass is 35.5. The number of halogens is 1. The molecule has 0 aliphatic heterocycles. The van der Waals surface area contributed by atoms with Gasteiger partial charge < -0.3 is 5.32 Å². The highest BCUT2D eigenvalue weighted by molar-refractivity contribution is 6.29. The van der Waals surface area contributed by atoms with Crippen LogP contribution in [0.4, 0.5) is 11.5 Å². The average molecular weight is 285 g/mol. The highest BCUT2D eigenvalue weighted by Gasteiger charge is 2.05. The second-order valence-corrected chi connectivity index (χ2v) is 4.76. The summed E-state index contributed by atoms with van der Waals surface area (Å²) < 4.78 is 0. The van der Waals surface area contributed by atoms with Crippen molar-refractivity contribution in [3.8, 4) is 0 Å². The molecule has 0 saturated heterocycles. The molecule has 3 rings (SSSR count). The minimum atomic E-state index is 0.442. The zero-order chi connectivity index (χ0) is 13.9. The van der Waals surface area contributed by atoms with Gasteiger partial charge in [-0.1, -0.05) is 30.7 Å². The van der Waals surface area contributed by atoms with Crippen LogP contribution in [0.3, 0.4) is 0 Å². The van der Waals surface area contributed by atoms with Gasteiger partial charge in [-0.25, -0.2) is 9.97 Å². The smallest absolute Gasteiger partial charge is 0.135 e. The van der Waals surface area contributed by atoms with Gasteiger partial charge in [0.1, 0.15) is 16.8 Å². The predicted molar refractivity (Wildman–Crippen MR) is 81.4 cm³/mol. The quantitative estimate of drug-likeness (QED) is 0.739. The highest BCUT2D eigenvalue weighted by Crippen LogP contribution is 2.25. The maximum atomic E-state index is 6.01. The molecule has 5 heteroatoms. The van der Waals surface area contributed by atoms with Crippen molar-refractivity contribution >= 4 is 33.9 Å². The molecular formula is C15H13ClN4. The lowest BCUT2D eigenvalue weighted by Gasteiger charge is -2.09. The van der Waals surface area contributed by atoms with E-state index in [9.17, 15) is 0 Å². The third-order valence-electron chi connectivity index (χ3n) is 3.00. The zero-order valence-electron chi connectivity index (χ0n) is 11.0. The lowest BCUT2D eigenvalue weighted by Crippen LogP contribution is -2.00. The summed E-state index contributed by atoms with van der Waals surface area (Å²) in [5.41, 5.74) is 0.951. The molecular weight excluding hydrogens is 272 g/mol. The molecule has 1 aromatic carbocycles.